The topological polar surface area (TPSA) is 107 Å². The fraction of sp³-hybridized carbons (Fsp3) is 0.867. The van der Waals surface area contributed by atoms with E-state index in [1.54, 1.807) is 0 Å². The van der Waals surface area contributed by atoms with Gasteiger partial charge in [0.25, 0.3) is 0 Å². The molecule has 2 atom stereocenters. The minimum Gasteiger partial charge on any atom is -0.480 e. The zero-order valence-corrected chi connectivity index (χ0v) is 12.9. The van der Waals surface area contributed by atoms with Gasteiger partial charge in [-0.2, -0.15) is 0 Å². The number of carbonyl (C=O) groups is 2. The Morgan fingerprint density at radius 1 is 1.05 bits per heavy atom. The lowest BCUT2D eigenvalue weighted by Gasteiger charge is -2.15. The van der Waals surface area contributed by atoms with Gasteiger partial charge in [-0.3, -0.25) is 4.79 Å². The average molecular weight is 303 g/mol. The number of carbonyl (C=O) groups excluding carboxylic acids is 1. The fourth-order valence-corrected chi connectivity index (χ4v) is 2.12. The van der Waals surface area contributed by atoms with Crippen LogP contribution in [0.3, 0.4) is 0 Å². The van der Waals surface area contributed by atoms with Crippen molar-refractivity contribution in [1.29, 1.82) is 0 Å². The van der Waals surface area contributed by atoms with Gasteiger partial charge in [0.05, 0.1) is 12.5 Å². The lowest BCUT2D eigenvalue weighted by molar-refractivity contribution is -0.142. The van der Waals surface area contributed by atoms with Gasteiger partial charge < -0.3 is 20.6 Å². The monoisotopic (exact) mass is 303 g/mol. The van der Waals surface area contributed by atoms with Crippen LogP contribution in [0.25, 0.3) is 0 Å². The summed E-state index contributed by atoms with van der Waals surface area (Å²) in [7, 11) is 0. The molecule has 0 bridgehead atoms. The Morgan fingerprint density at radius 3 is 2.24 bits per heavy atom. The Hall–Kier alpha value is -1.14. The van der Waals surface area contributed by atoms with E-state index >= 15 is 0 Å². The van der Waals surface area contributed by atoms with Gasteiger partial charge in [0.2, 0.25) is 5.91 Å². The number of nitrogens with one attached hydrogen (secondary N) is 1. The van der Waals surface area contributed by atoms with Gasteiger partial charge in [-0.15, -0.1) is 0 Å². The first-order valence-electron chi connectivity index (χ1n) is 7.82. The number of amides is 1. The van der Waals surface area contributed by atoms with E-state index in [9.17, 15) is 14.7 Å². The summed E-state index contributed by atoms with van der Waals surface area (Å²) in [5.74, 6) is -1.67. The van der Waals surface area contributed by atoms with Crippen molar-refractivity contribution in [3.05, 3.63) is 0 Å². The van der Waals surface area contributed by atoms with E-state index in [-0.39, 0.29) is 19.4 Å². The SMILES string of the molecule is CCCCCCCCC(O)CC(=O)N[C@@H](CCO)C(=O)O. The molecule has 124 valence electrons. The summed E-state index contributed by atoms with van der Waals surface area (Å²) in [6.07, 6.45) is 6.38. The number of carboxylic acid groups (broad SMARTS) is 1. The maximum absolute atomic E-state index is 11.6. The van der Waals surface area contributed by atoms with Gasteiger partial charge >= 0.3 is 5.97 Å². The molecule has 0 saturated heterocycles. The molecule has 6 nitrogen and oxygen atoms in total. The van der Waals surface area contributed by atoms with E-state index in [1.165, 1.54) is 19.3 Å². The predicted octanol–water partition coefficient (Wildman–Crippen LogP) is 1.44. The van der Waals surface area contributed by atoms with E-state index in [0.29, 0.717) is 6.42 Å². The summed E-state index contributed by atoms with van der Waals surface area (Å²) in [5, 5.41) is 29.6. The maximum Gasteiger partial charge on any atom is 0.326 e. The summed E-state index contributed by atoms with van der Waals surface area (Å²) in [6, 6.07) is -1.09. The third-order valence-electron chi connectivity index (χ3n) is 3.36. The van der Waals surface area contributed by atoms with Gasteiger partial charge in [0.1, 0.15) is 6.04 Å². The van der Waals surface area contributed by atoms with Crippen LogP contribution in [0.1, 0.15) is 64.7 Å². The Bertz CT molecular complexity index is 296. The minimum absolute atomic E-state index is 0.0331. The summed E-state index contributed by atoms with van der Waals surface area (Å²) < 4.78 is 0. The third kappa shape index (κ3) is 11.2. The highest BCUT2D eigenvalue weighted by molar-refractivity contribution is 5.83. The van der Waals surface area contributed by atoms with E-state index in [1.807, 2.05) is 0 Å². The Balaban J connectivity index is 3.80. The molecule has 21 heavy (non-hydrogen) atoms. The molecule has 4 N–H and O–H groups in total. The molecule has 0 aliphatic heterocycles. The molecule has 0 spiro atoms. The second-order valence-corrected chi connectivity index (χ2v) is 5.39. The molecule has 1 amide bonds. The number of aliphatic hydroxyl groups is 2. The summed E-state index contributed by atoms with van der Waals surface area (Å²) >= 11 is 0. The first-order valence-corrected chi connectivity index (χ1v) is 7.82. The highest BCUT2D eigenvalue weighted by Crippen LogP contribution is 2.10. The average Bonchev–Trinajstić information content (AvgIpc) is 2.42. The van der Waals surface area contributed by atoms with Crippen molar-refractivity contribution in [2.45, 2.75) is 76.9 Å². The van der Waals surface area contributed by atoms with Crippen LogP contribution < -0.4 is 5.32 Å². The smallest absolute Gasteiger partial charge is 0.326 e. The number of carboxylic acids is 1. The molecule has 0 aromatic carbocycles. The van der Waals surface area contributed by atoms with Crippen LogP contribution in [0.4, 0.5) is 0 Å². The molecule has 0 aromatic rings. The lowest BCUT2D eigenvalue weighted by Crippen LogP contribution is -2.42. The zero-order valence-electron chi connectivity index (χ0n) is 12.9. The summed E-state index contributed by atoms with van der Waals surface area (Å²) in [4.78, 5) is 22.4. The molecule has 0 aliphatic carbocycles. The Kier molecular flexibility index (Phi) is 11.9. The van der Waals surface area contributed by atoms with E-state index in [0.717, 1.165) is 19.3 Å². The molecule has 0 heterocycles. The number of rotatable bonds is 13. The van der Waals surface area contributed by atoms with Crippen LogP contribution in [-0.2, 0) is 9.59 Å². The second-order valence-electron chi connectivity index (χ2n) is 5.39. The highest BCUT2D eigenvalue weighted by Gasteiger charge is 2.20. The quantitative estimate of drug-likeness (QED) is 0.385. The molecule has 0 aliphatic rings. The van der Waals surface area contributed by atoms with Crippen LogP contribution in [-0.4, -0.2) is 45.9 Å². The van der Waals surface area contributed by atoms with Crippen molar-refractivity contribution in [3.8, 4) is 0 Å². The summed E-state index contributed by atoms with van der Waals surface area (Å²) in [6.45, 7) is 1.85. The first kappa shape index (κ1) is 19.9. The minimum atomic E-state index is -1.18. The van der Waals surface area contributed by atoms with E-state index < -0.39 is 24.0 Å². The number of hydrogen-bond donors (Lipinski definition) is 4. The largest absolute Gasteiger partial charge is 0.480 e. The fourth-order valence-electron chi connectivity index (χ4n) is 2.12. The first-order chi connectivity index (χ1) is 10.0. The zero-order chi connectivity index (χ0) is 16.1. The Labute approximate surface area is 126 Å². The van der Waals surface area contributed by atoms with Crippen molar-refractivity contribution >= 4 is 11.9 Å². The number of hydrogen-bond acceptors (Lipinski definition) is 4. The van der Waals surface area contributed by atoms with Gasteiger partial charge in [-0.25, -0.2) is 4.79 Å². The lowest BCUT2D eigenvalue weighted by atomic mass is 10.0. The van der Waals surface area contributed by atoms with Crippen LogP contribution in [0.15, 0.2) is 0 Å². The number of aliphatic carboxylic acids is 1. The molecule has 1 unspecified atom stereocenters. The molecular formula is C15H29NO5. The van der Waals surface area contributed by atoms with Crippen molar-refractivity contribution in [2.24, 2.45) is 0 Å². The van der Waals surface area contributed by atoms with E-state index in [4.69, 9.17) is 10.2 Å². The normalized spacial score (nSPS) is 13.7. The van der Waals surface area contributed by atoms with Gasteiger partial charge in [0.15, 0.2) is 0 Å². The number of aliphatic hydroxyl groups excluding tert-OH is 2. The summed E-state index contributed by atoms with van der Waals surface area (Å²) in [5.41, 5.74) is 0. The van der Waals surface area contributed by atoms with Gasteiger partial charge in [-0.1, -0.05) is 45.4 Å². The van der Waals surface area contributed by atoms with Crippen molar-refractivity contribution in [1.82, 2.24) is 5.32 Å². The predicted molar refractivity (Wildman–Crippen MR) is 79.9 cm³/mol. The van der Waals surface area contributed by atoms with Crippen molar-refractivity contribution in [3.63, 3.8) is 0 Å². The van der Waals surface area contributed by atoms with Crippen LogP contribution in [0.2, 0.25) is 0 Å². The maximum atomic E-state index is 11.6. The standard InChI is InChI=1S/C15H29NO5/c1-2-3-4-5-6-7-8-12(18)11-14(19)16-13(9-10-17)15(20)21/h12-13,17-18H,2-11H2,1H3,(H,16,19)(H,20,21)/t12?,13-/m0/s1. The highest BCUT2D eigenvalue weighted by atomic mass is 16.4. The van der Waals surface area contributed by atoms with Crippen LogP contribution >= 0.6 is 0 Å². The van der Waals surface area contributed by atoms with Gasteiger partial charge in [0, 0.05) is 13.0 Å². The molecule has 0 radical (unpaired) electrons. The molecule has 0 aromatic heterocycles. The Morgan fingerprint density at radius 2 is 1.67 bits per heavy atom. The molecule has 0 rings (SSSR count). The second kappa shape index (κ2) is 12.6. The molecular weight excluding hydrogens is 274 g/mol. The molecule has 0 saturated carbocycles. The molecule has 6 heteroatoms. The van der Waals surface area contributed by atoms with Gasteiger partial charge in [-0.05, 0) is 6.42 Å². The van der Waals surface area contributed by atoms with Crippen LogP contribution in [0.5, 0.6) is 0 Å². The number of unbranched alkanes of at least 4 members (excludes halogenated alkanes) is 5. The third-order valence-corrected chi connectivity index (χ3v) is 3.36. The van der Waals surface area contributed by atoms with Crippen LogP contribution in [0, 0.1) is 0 Å². The van der Waals surface area contributed by atoms with Crippen molar-refractivity contribution in [2.75, 3.05) is 6.61 Å². The van der Waals surface area contributed by atoms with E-state index in [2.05, 4.69) is 12.2 Å². The van der Waals surface area contributed by atoms with Crippen molar-refractivity contribution < 1.29 is 24.9 Å². The molecule has 0 fully saturated rings.